The Kier molecular flexibility index (Phi) is 5.93. The summed E-state index contributed by atoms with van der Waals surface area (Å²) in [6.45, 7) is 6.63. The van der Waals surface area contributed by atoms with Crippen LogP contribution in [0, 0.1) is 5.92 Å². The van der Waals surface area contributed by atoms with Crippen molar-refractivity contribution in [3.8, 4) is 0 Å². The Labute approximate surface area is 182 Å². The van der Waals surface area contributed by atoms with Gasteiger partial charge in [-0.15, -0.1) is 0 Å². The average molecular weight is 425 g/mol. The second-order valence-corrected chi connectivity index (χ2v) is 9.37. The largest absolute Gasteiger partial charge is 0.378 e. The van der Waals surface area contributed by atoms with E-state index in [4.69, 9.17) is 9.72 Å². The minimum Gasteiger partial charge on any atom is -0.378 e. The molecule has 1 aromatic heterocycles. The van der Waals surface area contributed by atoms with E-state index in [1.165, 1.54) is 25.9 Å². The molecule has 30 heavy (non-hydrogen) atoms. The molecule has 4 saturated heterocycles. The molecule has 4 aliphatic rings. The second-order valence-electron chi connectivity index (χ2n) is 8.28. The number of carbonyl (C=O) groups is 1. The molecule has 6 rings (SSSR count). The van der Waals surface area contributed by atoms with Crippen LogP contribution >= 0.6 is 11.8 Å². The van der Waals surface area contributed by atoms with Crippen molar-refractivity contribution < 1.29 is 9.53 Å². The van der Waals surface area contributed by atoms with Gasteiger partial charge in [0.25, 0.3) is 5.91 Å². The highest BCUT2D eigenvalue weighted by atomic mass is 32.2. The summed E-state index contributed by atoms with van der Waals surface area (Å²) in [5.41, 5.74) is 0.728. The molecular formula is C23H28N4O2S. The predicted octanol–water partition coefficient (Wildman–Crippen LogP) is 2.89. The smallest absolute Gasteiger partial charge is 0.251 e. The Hall–Kier alpha value is -2.09. The van der Waals surface area contributed by atoms with Gasteiger partial charge in [-0.3, -0.25) is 4.79 Å². The maximum Gasteiger partial charge on any atom is 0.251 e. The quantitative estimate of drug-likeness (QED) is 0.797. The number of aromatic nitrogens is 1. The van der Waals surface area contributed by atoms with Crippen molar-refractivity contribution in [1.82, 2.24) is 15.2 Å². The Morgan fingerprint density at radius 1 is 1.03 bits per heavy atom. The molecule has 4 aliphatic heterocycles. The van der Waals surface area contributed by atoms with E-state index in [1.54, 1.807) is 11.8 Å². The first kappa shape index (κ1) is 19.8. The van der Waals surface area contributed by atoms with Gasteiger partial charge in [-0.1, -0.05) is 17.8 Å². The molecule has 1 amide bonds. The average Bonchev–Trinajstić information content (AvgIpc) is 2.81. The molecule has 5 heterocycles. The summed E-state index contributed by atoms with van der Waals surface area (Å²) in [5, 5.41) is 4.23. The van der Waals surface area contributed by atoms with Gasteiger partial charge < -0.3 is 19.9 Å². The number of fused-ring (bicyclic) bond motifs is 3. The maximum atomic E-state index is 12.7. The fraction of sp³-hybridized carbons (Fsp3) is 0.478. The lowest BCUT2D eigenvalue weighted by Gasteiger charge is -2.44. The van der Waals surface area contributed by atoms with E-state index in [0.717, 1.165) is 54.2 Å². The number of anilines is 1. The van der Waals surface area contributed by atoms with Crippen LogP contribution in [-0.4, -0.2) is 67.8 Å². The number of morpholine rings is 1. The van der Waals surface area contributed by atoms with Crippen LogP contribution < -0.4 is 10.2 Å². The molecular weight excluding hydrogens is 396 g/mol. The van der Waals surface area contributed by atoms with Crippen LogP contribution in [0.1, 0.15) is 23.2 Å². The van der Waals surface area contributed by atoms with Crippen LogP contribution in [0.2, 0.25) is 0 Å². The monoisotopic (exact) mass is 424 g/mol. The highest BCUT2D eigenvalue weighted by Crippen LogP contribution is 2.29. The van der Waals surface area contributed by atoms with Crippen LogP contribution in [0.3, 0.4) is 0 Å². The van der Waals surface area contributed by atoms with Gasteiger partial charge in [-0.25, -0.2) is 4.98 Å². The number of ether oxygens (including phenoxy) is 1. The zero-order valence-electron chi connectivity index (χ0n) is 17.1. The van der Waals surface area contributed by atoms with Crippen molar-refractivity contribution in [2.45, 2.75) is 28.8 Å². The number of carbonyl (C=O) groups excluding carboxylic acids is 1. The van der Waals surface area contributed by atoms with Crippen LogP contribution in [-0.2, 0) is 4.74 Å². The Morgan fingerprint density at radius 2 is 1.80 bits per heavy atom. The number of hydrogen-bond donors (Lipinski definition) is 1. The number of benzene rings is 1. The second kappa shape index (κ2) is 8.96. The van der Waals surface area contributed by atoms with E-state index in [2.05, 4.69) is 27.2 Å². The first-order valence-corrected chi connectivity index (χ1v) is 11.7. The van der Waals surface area contributed by atoms with Crippen molar-refractivity contribution in [1.29, 1.82) is 0 Å². The summed E-state index contributed by atoms with van der Waals surface area (Å²) in [6.07, 6.45) is 2.41. The topological polar surface area (TPSA) is 57.7 Å². The number of rotatable bonds is 5. The van der Waals surface area contributed by atoms with Gasteiger partial charge >= 0.3 is 0 Å². The fourth-order valence-electron chi connectivity index (χ4n) is 4.60. The molecule has 4 fully saturated rings. The van der Waals surface area contributed by atoms with E-state index < -0.39 is 0 Å². The highest BCUT2D eigenvalue weighted by Gasteiger charge is 2.34. The standard InChI is InChI=1S/C23H28N4O2S/c28-23(24-20-16-26-10-8-17(20)9-11-26)18-4-6-19(7-5-18)30-22-3-1-2-21(25-22)27-12-14-29-15-13-27/h1-7,17,20H,8-16H2,(H,24,28)/t20-/m0/s1. The molecule has 1 aromatic carbocycles. The normalized spacial score (nSPS) is 25.9. The molecule has 0 unspecified atom stereocenters. The lowest BCUT2D eigenvalue weighted by atomic mass is 9.84. The van der Waals surface area contributed by atoms with E-state index in [-0.39, 0.29) is 5.91 Å². The zero-order valence-corrected chi connectivity index (χ0v) is 17.9. The molecule has 7 heteroatoms. The Bertz CT molecular complexity index is 877. The Morgan fingerprint density at radius 3 is 2.50 bits per heavy atom. The first-order valence-electron chi connectivity index (χ1n) is 10.9. The molecule has 1 atom stereocenters. The molecule has 0 radical (unpaired) electrons. The summed E-state index contributed by atoms with van der Waals surface area (Å²) >= 11 is 1.62. The number of pyridine rings is 1. The minimum atomic E-state index is 0.0396. The number of piperidine rings is 3. The Balaban J connectivity index is 1.20. The molecule has 158 valence electrons. The third kappa shape index (κ3) is 4.48. The van der Waals surface area contributed by atoms with Crippen molar-refractivity contribution in [2.24, 2.45) is 5.92 Å². The third-order valence-electron chi connectivity index (χ3n) is 6.36. The summed E-state index contributed by atoms with van der Waals surface area (Å²) in [4.78, 5) is 23.3. The molecule has 0 saturated carbocycles. The summed E-state index contributed by atoms with van der Waals surface area (Å²) in [6, 6.07) is 14.3. The summed E-state index contributed by atoms with van der Waals surface area (Å²) in [5.74, 6) is 1.67. The molecule has 6 nitrogen and oxygen atoms in total. The molecule has 0 aliphatic carbocycles. The van der Waals surface area contributed by atoms with Gasteiger partial charge in [0.05, 0.1) is 13.2 Å². The number of hydrogen-bond acceptors (Lipinski definition) is 6. The van der Waals surface area contributed by atoms with Crippen LogP contribution in [0.25, 0.3) is 0 Å². The van der Waals surface area contributed by atoms with Crippen LogP contribution in [0.15, 0.2) is 52.4 Å². The van der Waals surface area contributed by atoms with Crippen molar-refractivity contribution in [3.05, 3.63) is 48.0 Å². The zero-order chi connectivity index (χ0) is 20.3. The summed E-state index contributed by atoms with van der Waals surface area (Å²) in [7, 11) is 0. The van der Waals surface area contributed by atoms with E-state index in [9.17, 15) is 4.79 Å². The predicted molar refractivity (Wildman–Crippen MR) is 118 cm³/mol. The van der Waals surface area contributed by atoms with Gasteiger partial charge in [0, 0.05) is 36.1 Å². The van der Waals surface area contributed by atoms with Gasteiger partial charge in [-0.2, -0.15) is 0 Å². The number of amides is 1. The number of nitrogens with one attached hydrogen (secondary N) is 1. The minimum absolute atomic E-state index is 0.0396. The maximum absolute atomic E-state index is 12.7. The van der Waals surface area contributed by atoms with Gasteiger partial charge in [0.2, 0.25) is 0 Å². The van der Waals surface area contributed by atoms with E-state index >= 15 is 0 Å². The third-order valence-corrected chi connectivity index (χ3v) is 7.30. The van der Waals surface area contributed by atoms with Gasteiger partial charge in [0.1, 0.15) is 10.8 Å². The van der Waals surface area contributed by atoms with Crippen LogP contribution in [0.4, 0.5) is 5.82 Å². The van der Waals surface area contributed by atoms with Crippen molar-refractivity contribution in [2.75, 3.05) is 50.8 Å². The molecule has 2 aromatic rings. The summed E-state index contributed by atoms with van der Waals surface area (Å²) < 4.78 is 5.43. The van der Waals surface area contributed by atoms with E-state index in [0.29, 0.717) is 12.0 Å². The van der Waals surface area contributed by atoms with Crippen molar-refractivity contribution in [3.63, 3.8) is 0 Å². The SMILES string of the molecule is O=C(N[C@H]1CN2CCC1CC2)c1ccc(Sc2cccc(N3CCOCC3)n2)cc1. The lowest BCUT2D eigenvalue weighted by molar-refractivity contribution is 0.0620. The fourth-order valence-corrected chi connectivity index (χ4v) is 5.40. The van der Waals surface area contributed by atoms with E-state index in [1.807, 2.05) is 30.3 Å². The molecule has 2 bridgehead atoms. The first-order chi connectivity index (χ1) is 14.7. The molecule has 1 N–H and O–H groups in total. The highest BCUT2D eigenvalue weighted by molar-refractivity contribution is 7.99. The van der Waals surface area contributed by atoms with Gasteiger partial charge in [-0.05, 0) is 68.2 Å². The van der Waals surface area contributed by atoms with Crippen LogP contribution in [0.5, 0.6) is 0 Å². The van der Waals surface area contributed by atoms with Gasteiger partial charge in [0.15, 0.2) is 0 Å². The molecule has 0 spiro atoms. The van der Waals surface area contributed by atoms with Crippen molar-refractivity contribution >= 4 is 23.5 Å². The lowest BCUT2D eigenvalue weighted by Crippen LogP contribution is -2.57. The number of nitrogens with zero attached hydrogens (tertiary/aromatic N) is 3.